The molecule has 1 aliphatic heterocycles. The molecule has 0 spiro atoms. The molecule has 0 saturated carbocycles. The molecule has 130 valence electrons. The van der Waals surface area contributed by atoms with Crippen LogP contribution in [0.5, 0.6) is 0 Å². The zero-order valence-electron chi connectivity index (χ0n) is 14.1. The largest absolute Gasteiger partial charge is 0.467 e. The number of hydrogen-bond donors (Lipinski definition) is 2. The lowest BCUT2D eigenvalue weighted by molar-refractivity contribution is 0.517. The Kier molecular flexibility index (Phi) is 3.55. The summed E-state index contributed by atoms with van der Waals surface area (Å²) < 4.78 is 5.37. The van der Waals surface area contributed by atoms with Crippen molar-refractivity contribution in [2.24, 2.45) is 0 Å². The van der Waals surface area contributed by atoms with Gasteiger partial charge in [0.25, 0.3) is 0 Å². The van der Waals surface area contributed by atoms with Gasteiger partial charge in [0, 0.05) is 19.5 Å². The fraction of sp³-hybridized carbons (Fsp3) is 0.211. The molecule has 1 aliphatic rings. The fourth-order valence-corrected chi connectivity index (χ4v) is 3.34. The Balaban J connectivity index is 1.49. The van der Waals surface area contributed by atoms with Gasteiger partial charge in [0.2, 0.25) is 5.95 Å². The van der Waals surface area contributed by atoms with Gasteiger partial charge in [0.05, 0.1) is 23.9 Å². The molecule has 0 radical (unpaired) electrons. The molecule has 7 heteroatoms. The third-order valence-electron chi connectivity index (χ3n) is 4.61. The minimum atomic E-state index is 0.539. The van der Waals surface area contributed by atoms with E-state index >= 15 is 0 Å². The van der Waals surface area contributed by atoms with E-state index in [0.717, 1.165) is 47.8 Å². The van der Waals surface area contributed by atoms with Gasteiger partial charge in [-0.05, 0) is 17.7 Å². The van der Waals surface area contributed by atoms with Crippen molar-refractivity contribution in [2.45, 2.75) is 19.5 Å². The summed E-state index contributed by atoms with van der Waals surface area (Å²) >= 11 is 0. The van der Waals surface area contributed by atoms with Crippen LogP contribution in [-0.2, 0) is 19.5 Å². The van der Waals surface area contributed by atoms with Crippen LogP contribution in [0.2, 0.25) is 0 Å². The number of furan rings is 1. The Labute approximate surface area is 150 Å². The zero-order chi connectivity index (χ0) is 17.3. The van der Waals surface area contributed by atoms with Crippen LogP contribution in [-0.4, -0.2) is 26.7 Å². The SMILES string of the molecule is c1ccc(CN2CCc3n[nH]c4nc(NCc5ccco5)nc2c34)cc1. The standard InChI is InChI=1S/C19H18N6O/c1-2-5-13(6-3-1)12-25-9-8-15-16-17(24-23-15)21-19(22-18(16)25)20-11-14-7-4-10-26-14/h1-7,10H,8-9,11-12H2,(H2,20,21,22,23,24). The molecule has 0 amide bonds. The molecule has 0 aliphatic carbocycles. The van der Waals surface area contributed by atoms with Crippen LogP contribution in [0.25, 0.3) is 11.0 Å². The summed E-state index contributed by atoms with van der Waals surface area (Å²) in [5, 5.41) is 11.7. The first-order chi connectivity index (χ1) is 12.9. The minimum Gasteiger partial charge on any atom is -0.467 e. The minimum absolute atomic E-state index is 0.539. The number of aromatic nitrogens is 4. The molecule has 3 aromatic heterocycles. The Bertz CT molecular complexity index is 1030. The molecule has 0 unspecified atom stereocenters. The summed E-state index contributed by atoms with van der Waals surface area (Å²) in [5.41, 5.74) is 3.07. The predicted molar refractivity (Wildman–Crippen MR) is 98.9 cm³/mol. The molecule has 1 aromatic carbocycles. The first kappa shape index (κ1) is 14.9. The molecular formula is C19H18N6O. The maximum Gasteiger partial charge on any atom is 0.227 e. The summed E-state index contributed by atoms with van der Waals surface area (Å²) in [7, 11) is 0. The van der Waals surface area contributed by atoms with Crippen LogP contribution in [0.4, 0.5) is 11.8 Å². The van der Waals surface area contributed by atoms with Gasteiger partial charge in [-0.1, -0.05) is 30.3 Å². The second-order valence-corrected chi connectivity index (χ2v) is 6.35. The van der Waals surface area contributed by atoms with E-state index in [0.29, 0.717) is 12.5 Å². The highest BCUT2D eigenvalue weighted by atomic mass is 16.3. The van der Waals surface area contributed by atoms with Gasteiger partial charge in [-0.15, -0.1) is 0 Å². The lowest BCUT2D eigenvalue weighted by Crippen LogP contribution is -2.29. The summed E-state index contributed by atoms with van der Waals surface area (Å²) in [5.74, 6) is 2.34. The van der Waals surface area contributed by atoms with E-state index in [1.807, 2.05) is 18.2 Å². The second kappa shape index (κ2) is 6.18. The number of nitrogens with one attached hydrogen (secondary N) is 2. The van der Waals surface area contributed by atoms with Gasteiger partial charge < -0.3 is 14.6 Å². The maximum atomic E-state index is 5.37. The normalized spacial score (nSPS) is 13.3. The van der Waals surface area contributed by atoms with E-state index in [4.69, 9.17) is 9.40 Å². The van der Waals surface area contributed by atoms with Gasteiger partial charge in [0.15, 0.2) is 5.65 Å². The van der Waals surface area contributed by atoms with Crippen molar-refractivity contribution in [3.8, 4) is 0 Å². The number of anilines is 2. The van der Waals surface area contributed by atoms with Crippen LogP contribution < -0.4 is 10.2 Å². The molecule has 26 heavy (non-hydrogen) atoms. The summed E-state index contributed by atoms with van der Waals surface area (Å²) in [6.45, 7) is 2.24. The fourth-order valence-electron chi connectivity index (χ4n) is 3.34. The van der Waals surface area contributed by atoms with Crippen molar-refractivity contribution in [2.75, 3.05) is 16.8 Å². The van der Waals surface area contributed by atoms with Crippen LogP contribution in [0.15, 0.2) is 53.1 Å². The van der Waals surface area contributed by atoms with Crippen molar-refractivity contribution in [3.05, 3.63) is 65.7 Å². The van der Waals surface area contributed by atoms with Crippen molar-refractivity contribution < 1.29 is 4.42 Å². The molecule has 0 fully saturated rings. The smallest absolute Gasteiger partial charge is 0.227 e. The van der Waals surface area contributed by atoms with E-state index in [1.165, 1.54) is 5.56 Å². The highest BCUT2D eigenvalue weighted by Gasteiger charge is 2.24. The van der Waals surface area contributed by atoms with Crippen molar-refractivity contribution in [3.63, 3.8) is 0 Å². The highest BCUT2D eigenvalue weighted by Crippen LogP contribution is 2.32. The van der Waals surface area contributed by atoms with E-state index in [1.54, 1.807) is 6.26 Å². The lowest BCUT2D eigenvalue weighted by Gasteiger charge is -2.28. The topological polar surface area (TPSA) is 82.9 Å². The molecule has 0 bridgehead atoms. The van der Waals surface area contributed by atoms with Gasteiger partial charge in [-0.2, -0.15) is 15.1 Å². The van der Waals surface area contributed by atoms with Crippen LogP contribution in [0, 0.1) is 0 Å². The maximum absolute atomic E-state index is 5.37. The number of benzene rings is 1. The van der Waals surface area contributed by atoms with Crippen molar-refractivity contribution in [1.82, 2.24) is 20.2 Å². The number of rotatable bonds is 5. The molecule has 5 rings (SSSR count). The lowest BCUT2D eigenvalue weighted by atomic mass is 10.1. The van der Waals surface area contributed by atoms with E-state index in [9.17, 15) is 0 Å². The van der Waals surface area contributed by atoms with Crippen LogP contribution in [0.1, 0.15) is 17.0 Å². The van der Waals surface area contributed by atoms with Crippen molar-refractivity contribution >= 4 is 22.8 Å². The van der Waals surface area contributed by atoms with E-state index in [2.05, 4.69) is 49.7 Å². The van der Waals surface area contributed by atoms with Gasteiger partial charge in [-0.25, -0.2) is 0 Å². The number of hydrogen-bond acceptors (Lipinski definition) is 6. The quantitative estimate of drug-likeness (QED) is 0.578. The molecule has 7 nitrogen and oxygen atoms in total. The monoisotopic (exact) mass is 346 g/mol. The van der Waals surface area contributed by atoms with Gasteiger partial charge in [-0.3, -0.25) is 5.10 Å². The van der Waals surface area contributed by atoms with E-state index in [-0.39, 0.29) is 0 Å². The number of aromatic amines is 1. The first-order valence-electron chi connectivity index (χ1n) is 8.67. The predicted octanol–water partition coefficient (Wildman–Crippen LogP) is 3.12. The zero-order valence-corrected chi connectivity index (χ0v) is 14.1. The molecule has 2 N–H and O–H groups in total. The third-order valence-corrected chi connectivity index (χ3v) is 4.61. The molecular weight excluding hydrogens is 328 g/mol. The Morgan fingerprint density at radius 3 is 2.88 bits per heavy atom. The average Bonchev–Trinajstić information content (AvgIpc) is 3.34. The first-order valence-corrected chi connectivity index (χ1v) is 8.67. The van der Waals surface area contributed by atoms with Crippen LogP contribution >= 0.6 is 0 Å². The molecule has 4 heterocycles. The number of H-pyrrole nitrogens is 1. The Hall–Kier alpha value is -3.35. The average molecular weight is 346 g/mol. The summed E-state index contributed by atoms with van der Waals surface area (Å²) in [6, 6.07) is 14.2. The summed E-state index contributed by atoms with van der Waals surface area (Å²) in [6.07, 6.45) is 2.55. The van der Waals surface area contributed by atoms with Crippen molar-refractivity contribution in [1.29, 1.82) is 0 Å². The Morgan fingerprint density at radius 1 is 1.12 bits per heavy atom. The Morgan fingerprint density at radius 2 is 2.04 bits per heavy atom. The van der Waals surface area contributed by atoms with E-state index < -0.39 is 0 Å². The second-order valence-electron chi connectivity index (χ2n) is 6.35. The summed E-state index contributed by atoms with van der Waals surface area (Å²) in [4.78, 5) is 11.6. The van der Waals surface area contributed by atoms with Crippen LogP contribution in [0.3, 0.4) is 0 Å². The molecule has 4 aromatic rings. The highest BCUT2D eigenvalue weighted by molar-refractivity contribution is 5.91. The molecule has 0 saturated heterocycles. The van der Waals surface area contributed by atoms with Gasteiger partial charge >= 0.3 is 0 Å². The third kappa shape index (κ3) is 2.67. The molecule has 0 atom stereocenters. The number of nitrogens with zero attached hydrogens (tertiary/aromatic N) is 4. The van der Waals surface area contributed by atoms with Gasteiger partial charge in [0.1, 0.15) is 11.6 Å².